The Labute approximate surface area is 173 Å². The maximum Gasteiger partial charge on any atom is 0.433 e. The molecule has 0 aliphatic heterocycles. The highest BCUT2D eigenvalue weighted by molar-refractivity contribution is 6.19. The molecule has 1 N–H and O–H groups in total. The molecule has 1 aliphatic rings. The van der Waals surface area contributed by atoms with Crippen LogP contribution in [0, 0.1) is 11.3 Å². The number of carboxylic acid groups (broad SMARTS) is 1. The highest BCUT2D eigenvalue weighted by Crippen LogP contribution is 2.41. The Morgan fingerprint density at radius 1 is 1.26 bits per heavy atom. The molecule has 3 aromatic heterocycles. The SMILES string of the molecule is N#Cc1cncc(/C(=C\n2cnc(-c3cc(C4CC4)nc(C(F)(F)F)c3)n2)C(=O)O)c1. The first-order chi connectivity index (χ1) is 14.7. The summed E-state index contributed by atoms with van der Waals surface area (Å²) in [6.07, 6.45) is 1.83. The van der Waals surface area contributed by atoms with Crippen LogP contribution in [0.2, 0.25) is 0 Å². The predicted molar refractivity (Wildman–Crippen MR) is 101 cm³/mol. The number of carbonyl (C=O) groups is 1. The molecule has 0 unspecified atom stereocenters. The molecule has 11 heteroatoms. The zero-order chi connectivity index (χ0) is 22.2. The summed E-state index contributed by atoms with van der Waals surface area (Å²) in [4.78, 5) is 23.3. The van der Waals surface area contributed by atoms with E-state index in [1.807, 2.05) is 6.07 Å². The normalized spacial score (nSPS) is 14.3. The largest absolute Gasteiger partial charge is 0.478 e. The van der Waals surface area contributed by atoms with Crippen molar-refractivity contribution in [2.75, 3.05) is 0 Å². The summed E-state index contributed by atoms with van der Waals surface area (Å²) in [7, 11) is 0. The van der Waals surface area contributed by atoms with Crippen molar-refractivity contribution in [3.05, 3.63) is 59.4 Å². The Balaban J connectivity index is 1.73. The van der Waals surface area contributed by atoms with E-state index in [0.29, 0.717) is 5.69 Å². The van der Waals surface area contributed by atoms with Gasteiger partial charge in [-0.15, -0.1) is 5.10 Å². The van der Waals surface area contributed by atoms with Crippen LogP contribution in [0.4, 0.5) is 13.2 Å². The third-order valence-corrected chi connectivity index (χ3v) is 4.57. The number of pyridine rings is 2. The van der Waals surface area contributed by atoms with E-state index >= 15 is 0 Å². The van der Waals surface area contributed by atoms with E-state index in [1.165, 1.54) is 30.9 Å². The summed E-state index contributed by atoms with van der Waals surface area (Å²) in [6.45, 7) is 0. The van der Waals surface area contributed by atoms with Crippen molar-refractivity contribution >= 4 is 17.7 Å². The van der Waals surface area contributed by atoms with Crippen LogP contribution in [0.1, 0.15) is 41.3 Å². The third kappa shape index (κ3) is 4.42. The van der Waals surface area contributed by atoms with E-state index in [0.717, 1.165) is 29.8 Å². The van der Waals surface area contributed by atoms with Gasteiger partial charge in [0.2, 0.25) is 0 Å². The van der Waals surface area contributed by atoms with Crippen LogP contribution in [0.3, 0.4) is 0 Å². The summed E-state index contributed by atoms with van der Waals surface area (Å²) in [6, 6.07) is 5.62. The number of rotatable bonds is 5. The lowest BCUT2D eigenvalue weighted by Crippen LogP contribution is -2.10. The van der Waals surface area contributed by atoms with Gasteiger partial charge in [0.15, 0.2) is 5.82 Å². The standard InChI is InChI=1S/C20H13F3N6O2/c21-20(22,23)17-5-13(4-16(27-17)12-1-2-12)18-26-10-29(28-18)9-15(19(30)31)14-3-11(6-24)7-25-8-14/h3-5,7-10,12H,1-2H2,(H,30,31)/b15-9+. The summed E-state index contributed by atoms with van der Waals surface area (Å²) >= 11 is 0. The van der Waals surface area contributed by atoms with Gasteiger partial charge < -0.3 is 5.11 Å². The molecule has 8 nitrogen and oxygen atoms in total. The van der Waals surface area contributed by atoms with Crippen molar-refractivity contribution in [1.82, 2.24) is 24.7 Å². The molecule has 0 spiro atoms. The van der Waals surface area contributed by atoms with Gasteiger partial charge in [-0.25, -0.2) is 19.4 Å². The quantitative estimate of drug-likeness (QED) is 0.620. The molecule has 1 aliphatic carbocycles. The molecule has 0 saturated heterocycles. The number of halogens is 3. The summed E-state index contributed by atoms with van der Waals surface area (Å²) in [5.41, 5.74) is -0.422. The second kappa shape index (κ2) is 7.64. The van der Waals surface area contributed by atoms with Gasteiger partial charge in [-0.1, -0.05) is 0 Å². The fourth-order valence-corrected chi connectivity index (χ4v) is 2.92. The molecule has 0 radical (unpaired) electrons. The van der Waals surface area contributed by atoms with Crippen LogP contribution >= 0.6 is 0 Å². The molecule has 1 fully saturated rings. The van der Waals surface area contributed by atoms with Crippen LogP contribution in [-0.4, -0.2) is 35.8 Å². The van der Waals surface area contributed by atoms with E-state index in [-0.39, 0.29) is 34.0 Å². The monoisotopic (exact) mass is 426 g/mol. The maximum atomic E-state index is 13.3. The molecular formula is C20H13F3N6O2. The van der Waals surface area contributed by atoms with Crippen molar-refractivity contribution in [2.45, 2.75) is 24.9 Å². The van der Waals surface area contributed by atoms with Gasteiger partial charge in [-0.3, -0.25) is 4.98 Å². The minimum atomic E-state index is -4.61. The molecule has 3 aromatic rings. The van der Waals surface area contributed by atoms with Gasteiger partial charge in [0.25, 0.3) is 0 Å². The van der Waals surface area contributed by atoms with Gasteiger partial charge in [0.05, 0.1) is 11.1 Å². The Hall–Kier alpha value is -4.07. The highest BCUT2D eigenvalue weighted by atomic mass is 19.4. The van der Waals surface area contributed by atoms with E-state index in [2.05, 4.69) is 20.1 Å². The lowest BCUT2D eigenvalue weighted by molar-refractivity contribution is -0.141. The topological polar surface area (TPSA) is 118 Å². The van der Waals surface area contributed by atoms with Gasteiger partial charge in [-0.05, 0) is 31.0 Å². The summed E-state index contributed by atoms with van der Waals surface area (Å²) in [5, 5.41) is 22.6. The zero-order valence-electron chi connectivity index (χ0n) is 15.7. The molecular weight excluding hydrogens is 413 g/mol. The Kier molecular flexibility index (Phi) is 4.98. The van der Waals surface area contributed by atoms with Crippen molar-refractivity contribution in [3.8, 4) is 17.5 Å². The first-order valence-electron chi connectivity index (χ1n) is 9.06. The van der Waals surface area contributed by atoms with Crippen molar-refractivity contribution in [2.24, 2.45) is 0 Å². The van der Waals surface area contributed by atoms with Crippen LogP contribution in [0.5, 0.6) is 0 Å². The number of nitriles is 1. The average Bonchev–Trinajstić information content (AvgIpc) is 3.49. The van der Waals surface area contributed by atoms with Gasteiger partial charge in [0.1, 0.15) is 18.1 Å². The van der Waals surface area contributed by atoms with Crippen LogP contribution in [0.15, 0.2) is 36.9 Å². The Bertz CT molecular complexity index is 1240. The number of nitrogens with zero attached hydrogens (tertiary/aromatic N) is 6. The van der Waals surface area contributed by atoms with E-state index in [9.17, 15) is 23.1 Å². The third-order valence-electron chi connectivity index (χ3n) is 4.57. The number of aromatic nitrogens is 5. The second-order valence-corrected chi connectivity index (χ2v) is 6.91. The lowest BCUT2D eigenvalue weighted by atomic mass is 10.1. The molecule has 4 rings (SSSR count). The number of hydrogen-bond acceptors (Lipinski definition) is 6. The van der Waals surface area contributed by atoms with Crippen LogP contribution in [0.25, 0.3) is 23.2 Å². The maximum absolute atomic E-state index is 13.3. The predicted octanol–water partition coefficient (Wildman–Crippen LogP) is 3.59. The van der Waals surface area contributed by atoms with Crippen molar-refractivity contribution in [3.63, 3.8) is 0 Å². The van der Waals surface area contributed by atoms with Crippen molar-refractivity contribution < 1.29 is 23.1 Å². The first kappa shape index (κ1) is 20.2. The number of hydrogen-bond donors (Lipinski definition) is 1. The van der Waals surface area contributed by atoms with Gasteiger partial charge >= 0.3 is 12.1 Å². The minimum Gasteiger partial charge on any atom is -0.478 e. The van der Waals surface area contributed by atoms with Crippen LogP contribution in [-0.2, 0) is 11.0 Å². The highest BCUT2D eigenvalue weighted by Gasteiger charge is 2.35. The van der Waals surface area contributed by atoms with Crippen LogP contribution < -0.4 is 0 Å². The molecule has 3 heterocycles. The molecule has 0 atom stereocenters. The molecule has 0 aromatic carbocycles. The Morgan fingerprint density at radius 3 is 2.68 bits per heavy atom. The molecule has 1 saturated carbocycles. The van der Waals surface area contributed by atoms with Gasteiger partial charge in [0, 0.05) is 41.3 Å². The van der Waals surface area contributed by atoms with E-state index in [1.54, 1.807) is 0 Å². The van der Waals surface area contributed by atoms with E-state index in [4.69, 9.17) is 5.26 Å². The lowest BCUT2D eigenvalue weighted by Gasteiger charge is -2.09. The zero-order valence-corrected chi connectivity index (χ0v) is 15.7. The first-order valence-corrected chi connectivity index (χ1v) is 9.06. The van der Waals surface area contributed by atoms with Gasteiger partial charge in [-0.2, -0.15) is 18.4 Å². The van der Waals surface area contributed by atoms with E-state index < -0.39 is 17.8 Å². The number of alkyl halides is 3. The summed E-state index contributed by atoms with van der Waals surface area (Å²) in [5.74, 6) is -1.31. The number of carboxylic acids is 1. The van der Waals surface area contributed by atoms with Crippen molar-refractivity contribution in [1.29, 1.82) is 5.26 Å². The fraction of sp³-hybridized carbons (Fsp3) is 0.200. The fourth-order valence-electron chi connectivity index (χ4n) is 2.92. The molecule has 0 bridgehead atoms. The average molecular weight is 426 g/mol. The smallest absolute Gasteiger partial charge is 0.433 e. The summed E-state index contributed by atoms with van der Waals surface area (Å²) < 4.78 is 40.8. The molecule has 156 valence electrons. The second-order valence-electron chi connectivity index (χ2n) is 6.91. The number of aliphatic carboxylic acids is 1. The Morgan fingerprint density at radius 2 is 2.03 bits per heavy atom. The molecule has 31 heavy (non-hydrogen) atoms. The minimum absolute atomic E-state index is 0.000288. The molecule has 0 amide bonds.